The fourth-order valence-electron chi connectivity index (χ4n) is 4.80. The average Bonchev–Trinajstić information content (AvgIpc) is 3.15. The van der Waals surface area contributed by atoms with E-state index in [0.29, 0.717) is 41.8 Å². The van der Waals surface area contributed by atoms with E-state index in [0.717, 1.165) is 52.0 Å². The van der Waals surface area contributed by atoms with Gasteiger partial charge in [-0.05, 0) is 50.4 Å². The number of hydrogen-bond donors (Lipinski definition) is 0. The van der Waals surface area contributed by atoms with Gasteiger partial charge in [0.2, 0.25) is 5.91 Å². The van der Waals surface area contributed by atoms with Crippen LogP contribution in [0.5, 0.6) is 11.5 Å². The number of methoxy groups -OCH3 is 2. The highest BCUT2D eigenvalue weighted by molar-refractivity contribution is 5.81. The maximum Gasteiger partial charge on any atom is 0.261 e. The van der Waals surface area contributed by atoms with Gasteiger partial charge in [0.1, 0.15) is 0 Å². The number of aromatic nitrogens is 2. The molecule has 0 bridgehead atoms. The largest absolute Gasteiger partial charge is 0.493 e. The molecular weight excluding hydrogens is 456 g/mol. The minimum Gasteiger partial charge on any atom is -0.493 e. The van der Waals surface area contributed by atoms with E-state index in [1.54, 1.807) is 30.1 Å². The molecule has 0 N–H and O–H groups in total. The quantitative estimate of drug-likeness (QED) is 0.432. The van der Waals surface area contributed by atoms with E-state index >= 15 is 0 Å². The van der Waals surface area contributed by atoms with Crippen LogP contribution in [0.3, 0.4) is 0 Å². The van der Waals surface area contributed by atoms with Gasteiger partial charge in [-0.2, -0.15) is 0 Å². The zero-order valence-electron chi connectivity index (χ0n) is 21.3. The normalized spacial score (nSPS) is 14.6. The second kappa shape index (κ2) is 12.5. The Kier molecular flexibility index (Phi) is 8.95. The minimum atomic E-state index is -0.144. The second-order valence-electron chi connectivity index (χ2n) is 9.24. The molecule has 1 aliphatic rings. The second-order valence-corrected chi connectivity index (χ2v) is 9.24. The zero-order valence-corrected chi connectivity index (χ0v) is 21.3. The van der Waals surface area contributed by atoms with Crippen LogP contribution < -0.4 is 15.0 Å². The fraction of sp³-hybridized carbons (Fsp3) is 0.464. The summed E-state index contributed by atoms with van der Waals surface area (Å²) in [5, 5.41) is 0.473. The van der Waals surface area contributed by atoms with Gasteiger partial charge >= 0.3 is 0 Å². The first-order valence-corrected chi connectivity index (χ1v) is 12.7. The van der Waals surface area contributed by atoms with Crippen LogP contribution >= 0.6 is 0 Å². The van der Waals surface area contributed by atoms with E-state index in [1.165, 1.54) is 12.7 Å². The van der Waals surface area contributed by atoms with E-state index in [2.05, 4.69) is 40.2 Å². The van der Waals surface area contributed by atoms with Gasteiger partial charge in [-0.25, -0.2) is 4.98 Å². The van der Waals surface area contributed by atoms with Crippen molar-refractivity contribution in [1.82, 2.24) is 19.4 Å². The number of amides is 1. The Balaban J connectivity index is 1.25. The van der Waals surface area contributed by atoms with Crippen molar-refractivity contribution in [3.8, 4) is 11.5 Å². The number of fused-ring (bicyclic) bond motifs is 1. The summed E-state index contributed by atoms with van der Waals surface area (Å²) in [6, 6.07) is 14.0. The number of hydrogen-bond acceptors (Lipinski definition) is 6. The van der Waals surface area contributed by atoms with Crippen LogP contribution in [0.4, 0.5) is 0 Å². The number of rotatable bonds is 10. The Morgan fingerprint density at radius 3 is 2.50 bits per heavy atom. The molecule has 8 nitrogen and oxygen atoms in total. The van der Waals surface area contributed by atoms with Gasteiger partial charge in [-0.3, -0.25) is 14.2 Å². The molecule has 0 unspecified atom stereocenters. The first-order chi connectivity index (χ1) is 17.6. The summed E-state index contributed by atoms with van der Waals surface area (Å²) in [7, 11) is 3.09. The van der Waals surface area contributed by atoms with Gasteiger partial charge < -0.3 is 19.3 Å². The molecule has 1 amide bonds. The molecule has 192 valence electrons. The molecule has 1 aromatic heterocycles. The van der Waals surface area contributed by atoms with E-state index in [9.17, 15) is 9.59 Å². The third-order valence-corrected chi connectivity index (χ3v) is 6.84. The lowest BCUT2D eigenvalue weighted by Crippen LogP contribution is -2.35. The molecule has 0 aliphatic carbocycles. The van der Waals surface area contributed by atoms with Crippen molar-refractivity contribution in [2.75, 3.05) is 46.9 Å². The fourth-order valence-corrected chi connectivity index (χ4v) is 4.80. The number of aryl methyl sites for hydroxylation is 2. The van der Waals surface area contributed by atoms with E-state index in [-0.39, 0.29) is 11.5 Å². The summed E-state index contributed by atoms with van der Waals surface area (Å²) >= 11 is 0. The third kappa shape index (κ3) is 6.43. The van der Waals surface area contributed by atoms with Crippen molar-refractivity contribution in [3.05, 3.63) is 64.7 Å². The lowest BCUT2D eigenvalue weighted by atomic mass is 10.1. The first-order valence-electron chi connectivity index (χ1n) is 12.7. The molecule has 3 aromatic rings. The molecule has 0 spiro atoms. The number of nitrogens with zero attached hydrogens (tertiary/aromatic N) is 4. The van der Waals surface area contributed by atoms with Crippen molar-refractivity contribution in [3.63, 3.8) is 0 Å². The number of ether oxygens (including phenoxy) is 2. The van der Waals surface area contributed by atoms with Crippen LogP contribution in [0.2, 0.25) is 0 Å². The lowest BCUT2D eigenvalue weighted by molar-refractivity contribution is -0.131. The van der Waals surface area contributed by atoms with E-state index in [4.69, 9.17) is 9.47 Å². The zero-order chi connectivity index (χ0) is 25.3. The van der Waals surface area contributed by atoms with Gasteiger partial charge in [-0.1, -0.05) is 30.3 Å². The summed E-state index contributed by atoms with van der Waals surface area (Å²) in [4.78, 5) is 34.7. The molecule has 1 fully saturated rings. The van der Waals surface area contributed by atoms with Crippen molar-refractivity contribution in [1.29, 1.82) is 0 Å². The van der Waals surface area contributed by atoms with Gasteiger partial charge in [0.05, 0.1) is 31.4 Å². The summed E-state index contributed by atoms with van der Waals surface area (Å²) in [5.41, 5.74) is 1.79. The van der Waals surface area contributed by atoms with Gasteiger partial charge in [-0.15, -0.1) is 0 Å². The van der Waals surface area contributed by atoms with Crippen LogP contribution in [-0.4, -0.2) is 72.2 Å². The molecule has 2 aromatic carbocycles. The molecule has 0 saturated carbocycles. The topological polar surface area (TPSA) is 76.9 Å². The van der Waals surface area contributed by atoms with Crippen LogP contribution in [0.1, 0.15) is 31.2 Å². The highest BCUT2D eigenvalue weighted by Crippen LogP contribution is 2.29. The van der Waals surface area contributed by atoms with Crippen molar-refractivity contribution < 1.29 is 14.3 Å². The average molecular weight is 493 g/mol. The van der Waals surface area contributed by atoms with E-state index in [1.807, 2.05) is 4.90 Å². The maximum atomic E-state index is 13.0. The predicted octanol–water partition coefficient (Wildman–Crippen LogP) is 3.36. The molecule has 0 radical (unpaired) electrons. The van der Waals surface area contributed by atoms with Crippen molar-refractivity contribution >= 4 is 16.8 Å². The Hall–Kier alpha value is -3.39. The molecule has 0 atom stereocenters. The predicted molar refractivity (Wildman–Crippen MR) is 141 cm³/mol. The molecule has 2 heterocycles. The minimum absolute atomic E-state index is 0.144. The third-order valence-electron chi connectivity index (χ3n) is 6.84. The van der Waals surface area contributed by atoms with Crippen LogP contribution in [0, 0.1) is 0 Å². The molecule has 8 heteroatoms. The number of carbonyl (C=O) groups excluding carboxylic acids is 1. The number of carbonyl (C=O) groups is 1. The monoisotopic (exact) mass is 492 g/mol. The van der Waals surface area contributed by atoms with Crippen molar-refractivity contribution in [2.45, 2.75) is 38.6 Å². The Labute approximate surface area is 212 Å². The Bertz CT molecular complexity index is 1210. The first kappa shape index (κ1) is 25.7. The molecule has 1 saturated heterocycles. The number of benzene rings is 2. The van der Waals surface area contributed by atoms with Crippen LogP contribution in [0.25, 0.3) is 10.9 Å². The SMILES string of the molecule is COc1cc2ncn(CCCC(=O)N3CCCN(CCCc4ccccc4)CC3)c(=O)c2cc1OC. The highest BCUT2D eigenvalue weighted by Gasteiger charge is 2.19. The lowest BCUT2D eigenvalue weighted by Gasteiger charge is -2.22. The molecular formula is C28H36N4O4. The molecule has 4 rings (SSSR count). The van der Waals surface area contributed by atoms with Gasteiger partial charge in [0.15, 0.2) is 11.5 Å². The van der Waals surface area contributed by atoms with Crippen molar-refractivity contribution in [2.24, 2.45) is 0 Å². The Morgan fingerprint density at radius 1 is 0.944 bits per heavy atom. The van der Waals surface area contributed by atoms with Gasteiger partial charge in [0, 0.05) is 38.7 Å². The van der Waals surface area contributed by atoms with Crippen LogP contribution in [0.15, 0.2) is 53.6 Å². The summed E-state index contributed by atoms with van der Waals surface area (Å²) in [5.74, 6) is 1.19. The Morgan fingerprint density at radius 2 is 1.72 bits per heavy atom. The molecule has 36 heavy (non-hydrogen) atoms. The van der Waals surface area contributed by atoms with Crippen LogP contribution in [-0.2, 0) is 17.8 Å². The van der Waals surface area contributed by atoms with Gasteiger partial charge in [0.25, 0.3) is 5.56 Å². The van der Waals surface area contributed by atoms with E-state index < -0.39 is 0 Å². The maximum absolute atomic E-state index is 13.0. The summed E-state index contributed by atoms with van der Waals surface area (Å²) < 4.78 is 12.2. The smallest absolute Gasteiger partial charge is 0.261 e. The highest BCUT2D eigenvalue weighted by atomic mass is 16.5. The summed E-state index contributed by atoms with van der Waals surface area (Å²) in [6.07, 6.45) is 5.77. The summed E-state index contributed by atoms with van der Waals surface area (Å²) in [6.45, 7) is 5.02. The standard InChI is InChI=1S/C28H36N4O4/c1-35-25-19-23-24(20-26(25)36-2)29-21-32(28(23)34)15-7-12-27(33)31-16-8-14-30(17-18-31)13-6-11-22-9-4-3-5-10-22/h3-5,9-10,19-21H,6-8,11-18H2,1-2H3. The molecule has 1 aliphatic heterocycles.